The summed E-state index contributed by atoms with van der Waals surface area (Å²) in [5.74, 6) is 0.145. The molecule has 0 aliphatic carbocycles. The van der Waals surface area contributed by atoms with E-state index in [2.05, 4.69) is 10.1 Å². The summed E-state index contributed by atoms with van der Waals surface area (Å²) in [4.78, 5) is 27.2. The van der Waals surface area contributed by atoms with E-state index in [-0.39, 0.29) is 10.8 Å². The van der Waals surface area contributed by atoms with E-state index in [0.717, 1.165) is 9.41 Å². The number of rotatable bonds is 4. The van der Waals surface area contributed by atoms with Gasteiger partial charge >= 0.3 is 11.2 Å². The van der Waals surface area contributed by atoms with E-state index in [4.69, 9.17) is 5.73 Å². The highest BCUT2D eigenvalue weighted by atomic mass is 32.2. The van der Waals surface area contributed by atoms with Crippen LogP contribution in [0, 0.1) is 10.1 Å². The zero-order valence-electron chi connectivity index (χ0n) is 11.0. The Morgan fingerprint density at radius 3 is 2.77 bits per heavy atom. The number of thioether (sulfide) groups is 1. The number of anilines is 1. The summed E-state index contributed by atoms with van der Waals surface area (Å²) in [6.45, 7) is 0. The minimum Gasteiger partial charge on any atom is -0.378 e. The van der Waals surface area contributed by atoms with Crippen LogP contribution < -0.4 is 11.3 Å². The summed E-state index contributed by atoms with van der Waals surface area (Å²) >= 11 is 2.73. The number of nitrogen functional groups attached to an aromatic ring is 1. The fourth-order valence-electron chi connectivity index (χ4n) is 1.78. The lowest BCUT2D eigenvalue weighted by Crippen LogP contribution is -2.20. The van der Waals surface area contributed by atoms with Crippen molar-refractivity contribution in [3.05, 3.63) is 55.8 Å². The monoisotopic (exact) mass is 335 g/mol. The third-order valence-corrected chi connectivity index (χ3v) is 4.86. The van der Waals surface area contributed by atoms with E-state index in [1.165, 1.54) is 11.3 Å². The zero-order valence-corrected chi connectivity index (χ0v) is 12.6. The van der Waals surface area contributed by atoms with E-state index in [9.17, 15) is 14.9 Å². The minimum absolute atomic E-state index is 0.247. The van der Waals surface area contributed by atoms with Crippen LogP contribution in [0.2, 0.25) is 0 Å². The van der Waals surface area contributed by atoms with Gasteiger partial charge in [0.2, 0.25) is 10.8 Å². The van der Waals surface area contributed by atoms with Crippen LogP contribution in [0.4, 0.5) is 11.5 Å². The third kappa shape index (κ3) is 2.65. The van der Waals surface area contributed by atoms with Gasteiger partial charge in [0.15, 0.2) is 0 Å². The number of hydrogen-bond donors (Lipinski definition) is 1. The lowest BCUT2D eigenvalue weighted by Gasteiger charge is -1.96. The van der Waals surface area contributed by atoms with Gasteiger partial charge in [-0.3, -0.25) is 14.9 Å². The Hall–Kier alpha value is -2.46. The van der Waals surface area contributed by atoms with Crippen molar-refractivity contribution in [2.75, 3.05) is 5.73 Å². The molecule has 0 spiro atoms. The zero-order chi connectivity index (χ0) is 15.7. The molecule has 3 rings (SSSR count). The Labute approximate surface area is 131 Å². The number of hydrogen-bond acceptors (Lipinski definition) is 8. The van der Waals surface area contributed by atoms with Crippen molar-refractivity contribution in [3.63, 3.8) is 0 Å². The van der Waals surface area contributed by atoms with Gasteiger partial charge in [0.25, 0.3) is 0 Å². The van der Waals surface area contributed by atoms with Crippen molar-refractivity contribution >= 4 is 39.6 Å². The number of benzene rings is 1. The molecule has 3 aromatic rings. The minimum atomic E-state index is -0.861. The van der Waals surface area contributed by atoms with Crippen molar-refractivity contribution in [1.29, 1.82) is 0 Å². The van der Waals surface area contributed by atoms with Crippen LogP contribution in [0.15, 0.2) is 40.0 Å². The largest absolute Gasteiger partial charge is 0.378 e. The average Bonchev–Trinajstić information content (AvgIpc) is 2.89. The summed E-state index contributed by atoms with van der Waals surface area (Å²) in [6, 6.07) is 9.71. The van der Waals surface area contributed by atoms with Gasteiger partial charge in [0, 0.05) is 4.90 Å². The first-order valence-corrected chi connectivity index (χ1v) is 7.87. The van der Waals surface area contributed by atoms with Gasteiger partial charge < -0.3 is 5.73 Å². The van der Waals surface area contributed by atoms with Gasteiger partial charge in [0.1, 0.15) is 5.01 Å². The standard InChI is InChI=1S/C12H9N5O3S2/c13-10-9(17(19)20)11(18)16-12(14-10)22-8(15-16)6-21-7-4-2-1-3-5-7/h1-5H,6,13H2. The summed E-state index contributed by atoms with van der Waals surface area (Å²) < 4.78 is 0.931. The van der Waals surface area contributed by atoms with Crippen molar-refractivity contribution in [3.8, 4) is 0 Å². The van der Waals surface area contributed by atoms with Crippen molar-refractivity contribution in [2.45, 2.75) is 10.6 Å². The Morgan fingerprint density at radius 2 is 2.09 bits per heavy atom. The lowest BCUT2D eigenvalue weighted by molar-refractivity contribution is -0.385. The Bertz CT molecular complexity index is 906. The quantitative estimate of drug-likeness (QED) is 0.440. The fraction of sp³-hybridized carbons (Fsp3) is 0.0833. The molecule has 0 amide bonds. The molecule has 2 N–H and O–H groups in total. The van der Waals surface area contributed by atoms with Gasteiger partial charge in [-0.25, -0.2) is 0 Å². The van der Waals surface area contributed by atoms with Crippen molar-refractivity contribution in [2.24, 2.45) is 0 Å². The van der Waals surface area contributed by atoms with E-state index in [0.29, 0.717) is 10.8 Å². The van der Waals surface area contributed by atoms with Gasteiger partial charge in [-0.2, -0.15) is 14.6 Å². The molecular weight excluding hydrogens is 326 g/mol. The number of aromatic nitrogens is 3. The molecule has 0 radical (unpaired) electrons. The molecule has 0 bridgehead atoms. The van der Waals surface area contributed by atoms with Crippen LogP contribution in [0.5, 0.6) is 0 Å². The summed E-state index contributed by atoms with van der Waals surface area (Å²) in [5.41, 5.74) is 3.86. The van der Waals surface area contributed by atoms with E-state index in [1.807, 2.05) is 30.3 Å². The van der Waals surface area contributed by atoms with Crippen LogP contribution in [-0.4, -0.2) is 19.5 Å². The molecule has 0 saturated heterocycles. The smallest absolute Gasteiger partial charge is 0.377 e. The molecule has 0 aliphatic heterocycles. The fourth-order valence-corrected chi connectivity index (χ4v) is 3.58. The molecular formula is C12H9N5O3S2. The predicted molar refractivity (Wildman–Crippen MR) is 84.2 cm³/mol. The number of nitro groups is 1. The molecule has 2 aromatic heterocycles. The normalized spacial score (nSPS) is 10.9. The molecule has 8 nitrogen and oxygen atoms in total. The predicted octanol–water partition coefficient (Wildman–Crippen LogP) is 1.93. The maximum atomic E-state index is 12.0. The molecule has 1 aromatic carbocycles. The first-order chi connectivity index (χ1) is 10.6. The molecule has 112 valence electrons. The Kier molecular flexibility index (Phi) is 3.77. The second-order valence-electron chi connectivity index (χ2n) is 4.20. The third-order valence-electron chi connectivity index (χ3n) is 2.74. The lowest BCUT2D eigenvalue weighted by atomic mass is 10.4. The number of nitrogens with zero attached hydrogens (tertiary/aromatic N) is 4. The first kappa shape index (κ1) is 14.5. The maximum Gasteiger partial charge on any atom is 0.377 e. The molecule has 0 atom stereocenters. The highest BCUT2D eigenvalue weighted by Crippen LogP contribution is 2.25. The van der Waals surface area contributed by atoms with Crippen molar-refractivity contribution < 1.29 is 4.92 Å². The molecule has 0 saturated carbocycles. The molecule has 22 heavy (non-hydrogen) atoms. The second kappa shape index (κ2) is 5.73. The van der Waals surface area contributed by atoms with Gasteiger partial charge in [-0.15, -0.1) is 11.8 Å². The van der Waals surface area contributed by atoms with Crippen LogP contribution in [0.3, 0.4) is 0 Å². The van der Waals surface area contributed by atoms with Gasteiger partial charge in [-0.05, 0) is 12.1 Å². The van der Waals surface area contributed by atoms with Crippen molar-refractivity contribution in [1.82, 2.24) is 14.6 Å². The first-order valence-electron chi connectivity index (χ1n) is 6.06. The molecule has 0 aliphatic rings. The van der Waals surface area contributed by atoms with E-state index >= 15 is 0 Å². The summed E-state index contributed by atoms with van der Waals surface area (Å²) in [5, 5.41) is 15.6. The Morgan fingerprint density at radius 1 is 1.36 bits per heavy atom. The highest BCUT2D eigenvalue weighted by Gasteiger charge is 2.23. The molecule has 10 heteroatoms. The number of fused-ring (bicyclic) bond motifs is 1. The second-order valence-corrected chi connectivity index (χ2v) is 6.29. The average molecular weight is 335 g/mol. The summed E-state index contributed by atoms with van der Waals surface area (Å²) in [6.07, 6.45) is 0. The number of nitrogens with two attached hydrogens (primary N) is 1. The van der Waals surface area contributed by atoms with E-state index < -0.39 is 16.2 Å². The van der Waals surface area contributed by atoms with Crippen LogP contribution >= 0.6 is 23.1 Å². The molecule has 0 fully saturated rings. The molecule has 2 heterocycles. The highest BCUT2D eigenvalue weighted by molar-refractivity contribution is 7.98. The Balaban J connectivity index is 1.95. The van der Waals surface area contributed by atoms with Gasteiger partial charge in [-0.1, -0.05) is 29.5 Å². The topological polar surface area (TPSA) is 116 Å². The maximum absolute atomic E-state index is 12.0. The van der Waals surface area contributed by atoms with E-state index in [1.54, 1.807) is 11.8 Å². The van der Waals surface area contributed by atoms with Crippen LogP contribution in [0.1, 0.15) is 5.01 Å². The summed E-state index contributed by atoms with van der Waals surface area (Å²) in [7, 11) is 0. The van der Waals surface area contributed by atoms with Crippen LogP contribution in [0.25, 0.3) is 4.96 Å². The van der Waals surface area contributed by atoms with Gasteiger partial charge in [0.05, 0.1) is 10.7 Å². The van der Waals surface area contributed by atoms with Crippen LogP contribution in [-0.2, 0) is 5.75 Å². The SMILES string of the molecule is Nc1nc2sc(CSc3ccccc3)nn2c(=O)c1[N+](=O)[O-]. The molecule has 0 unspecified atom stereocenters.